The minimum Gasteiger partial charge on any atom is -0.365 e. The number of halogens is 1. The highest BCUT2D eigenvalue weighted by Crippen LogP contribution is 2.28. The molecule has 0 aliphatic heterocycles. The topological polar surface area (TPSA) is 58.5 Å². The molecule has 27 heavy (non-hydrogen) atoms. The Morgan fingerprint density at radius 2 is 2.00 bits per heavy atom. The average molecular weight is 402 g/mol. The number of anilines is 1. The molecule has 0 radical (unpaired) electrons. The highest BCUT2D eigenvalue weighted by molar-refractivity contribution is 7.71. The largest absolute Gasteiger partial charge is 0.365 e. The summed E-state index contributed by atoms with van der Waals surface area (Å²) in [5.41, 5.74) is 2.76. The van der Waals surface area contributed by atoms with Crippen LogP contribution in [0.15, 0.2) is 24.3 Å². The Morgan fingerprint density at radius 1 is 1.26 bits per heavy atom. The third-order valence-electron chi connectivity index (χ3n) is 5.16. The molecule has 2 heterocycles. The Hall–Kier alpha value is -1.92. The van der Waals surface area contributed by atoms with Gasteiger partial charge in [0.1, 0.15) is 11.3 Å². The van der Waals surface area contributed by atoms with E-state index in [1.165, 1.54) is 25.7 Å². The van der Waals surface area contributed by atoms with Gasteiger partial charge in [-0.15, -0.1) is 0 Å². The first kappa shape index (κ1) is 18.4. The van der Waals surface area contributed by atoms with Gasteiger partial charge in [0.2, 0.25) is 4.77 Å². The normalized spacial score (nSPS) is 15.1. The monoisotopic (exact) mass is 401 g/mol. The third kappa shape index (κ3) is 3.73. The summed E-state index contributed by atoms with van der Waals surface area (Å²) in [6.45, 7) is 4.80. The molecule has 0 amide bonds. The van der Waals surface area contributed by atoms with E-state index in [0.717, 1.165) is 33.4 Å². The van der Waals surface area contributed by atoms with Gasteiger partial charge >= 0.3 is 0 Å². The number of fused-ring (bicyclic) bond motifs is 1. The average Bonchev–Trinajstić information content (AvgIpc) is 3.29. The van der Waals surface area contributed by atoms with Crippen molar-refractivity contribution in [3.63, 3.8) is 0 Å². The van der Waals surface area contributed by atoms with Gasteiger partial charge < -0.3 is 10.3 Å². The molecular weight excluding hydrogens is 378 g/mol. The number of aromatic amines is 1. The van der Waals surface area contributed by atoms with Crippen LogP contribution < -0.4 is 5.32 Å². The fourth-order valence-corrected chi connectivity index (χ4v) is 4.06. The second-order valence-corrected chi connectivity index (χ2v) is 8.29. The molecule has 1 saturated carbocycles. The fraction of sp³-hybridized carbons (Fsp3) is 0.450. The molecule has 0 atom stereocenters. The van der Waals surface area contributed by atoms with E-state index in [-0.39, 0.29) is 0 Å². The number of hydrogen-bond donors (Lipinski definition) is 2. The molecule has 0 unspecified atom stereocenters. The number of benzene rings is 1. The first-order valence-corrected chi connectivity index (χ1v) is 10.3. The lowest BCUT2D eigenvalue weighted by Gasteiger charge is -2.15. The summed E-state index contributed by atoms with van der Waals surface area (Å²) < 4.78 is 2.48. The van der Waals surface area contributed by atoms with E-state index in [2.05, 4.69) is 24.1 Å². The van der Waals surface area contributed by atoms with Crippen LogP contribution in [0.25, 0.3) is 11.2 Å². The van der Waals surface area contributed by atoms with Crippen LogP contribution in [0.5, 0.6) is 0 Å². The molecule has 3 aromatic rings. The van der Waals surface area contributed by atoms with Crippen LogP contribution >= 0.6 is 23.8 Å². The van der Waals surface area contributed by atoms with Gasteiger partial charge in [0.05, 0.1) is 6.54 Å². The van der Waals surface area contributed by atoms with Crippen LogP contribution in [0.3, 0.4) is 0 Å². The molecule has 2 aromatic heterocycles. The number of nitrogens with zero attached hydrogens (tertiary/aromatic N) is 3. The standard InChI is InChI=1S/C20H24ClN5S/c1-12(2)17-23-16-18(22-14-8-4-5-9-14)25-20(27)26(19(16)24-17)11-13-7-3-6-10-15(13)21/h3,6-7,10,12,14H,4-5,8-9,11H2,1-2H3,(H,23,24)(H,22,25,27). The quantitative estimate of drug-likeness (QED) is 0.541. The number of rotatable bonds is 5. The number of hydrogen-bond acceptors (Lipinski definition) is 4. The highest BCUT2D eigenvalue weighted by atomic mass is 35.5. The fourth-order valence-electron chi connectivity index (χ4n) is 3.63. The number of aromatic nitrogens is 4. The number of nitrogens with one attached hydrogen (secondary N) is 2. The Kier molecular flexibility index (Phi) is 5.19. The molecule has 0 spiro atoms. The van der Waals surface area contributed by atoms with E-state index in [9.17, 15) is 0 Å². The molecule has 1 aliphatic carbocycles. The van der Waals surface area contributed by atoms with Crippen LogP contribution in [-0.4, -0.2) is 25.6 Å². The molecule has 0 saturated heterocycles. The van der Waals surface area contributed by atoms with Crippen LogP contribution in [0.1, 0.15) is 56.8 Å². The predicted molar refractivity (Wildman–Crippen MR) is 113 cm³/mol. The first-order chi connectivity index (χ1) is 13.0. The van der Waals surface area contributed by atoms with Crippen LogP contribution in [0.2, 0.25) is 5.02 Å². The molecule has 0 bridgehead atoms. The van der Waals surface area contributed by atoms with Crippen molar-refractivity contribution in [1.82, 2.24) is 19.5 Å². The van der Waals surface area contributed by atoms with Crippen molar-refractivity contribution in [3.8, 4) is 0 Å². The van der Waals surface area contributed by atoms with Crippen LogP contribution in [-0.2, 0) is 6.54 Å². The summed E-state index contributed by atoms with van der Waals surface area (Å²) in [6, 6.07) is 8.27. The summed E-state index contributed by atoms with van der Waals surface area (Å²) in [7, 11) is 0. The van der Waals surface area contributed by atoms with Gasteiger partial charge in [0.15, 0.2) is 11.5 Å². The first-order valence-electron chi connectivity index (χ1n) is 9.53. The maximum absolute atomic E-state index is 6.37. The van der Waals surface area contributed by atoms with Crippen molar-refractivity contribution in [1.29, 1.82) is 0 Å². The van der Waals surface area contributed by atoms with Crippen molar-refractivity contribution in [2.75, 3.05) is 5.32 Å². The summed E-state index contributed by atoms with van der Waals surface area (Å²) in [6.07, 6.45) is 4.88. The van der Waals surface area contributed by atoms with Crippen LogP contribution in [0.4, 0.5) is 5.82 Å². The van der Waals surface area contributed by atoms with Gasteiger partial charge in [-0.05, 0) is 36.7 Å². The highest BCUT2D eigenvalue weighted by Gasteiger charge is 2.20. The minimum atomic E-state index is 0.291. The van der Waals surface area contributed by atoms with E-state index < -0.39 is 0 Å². The molecule has 7 heteroatoms. The van der Waals surface area contributed by atoms with Gasteiger partial charge in [-0.2, -0.15) is 0 Å². The van der Waals surface area contributed by atoms with Gasteiger partial charge in [-0.3, -0.25) is 4.57 Å². The lowest BCUT2D eigenvalue weighted by atomic mass is 10.2. The van der Waals surface area contributed by atoms with E-state index in [1.807, 2.05) is 28.8 Å². The molecule has 142 valence electrons. The number of H-pyrrole nitrogens is 1. The molecule has 1 aliphatic rings. The van der Waals surface area contributed by atoms with Crippen molar-refractivity contribution >= 4 is 40.8 Å². The summed E-state index contributed by atoms with van der Waals surface area (Å²) in [5.74, 6) is 2.05. The summed E-state index contributed by atoms with van der Waals surface area (Å²) >= 11 is 12.0. The zero-order chi connectivity index (χ0) is 19.0. The van der Waals surface area contributed by atoms with Crippen molar-refractivity contribution in [2.45, 2.75) is 58.0 Å². The number of imidazole rings is 1. The summed E-state index contributed by atoms with van der Waals surface area (Å²) in [5, 5.41) is 4.31. The van der Waals surface area contributed by atoms with E-state index in [1.54, 1.807) is 0 Å². The lowest BCUT2D eigenvalue weighted by Crippen LogP contribution is -2.17. The minimum absolute atomic E-state index is 0.291. The molecule has 1 fully saturated rings. The SMILES string of the molecule is CC(C)c1nc2c([nH]1)c(NC1CCCC1)nc(=S)n2Cc1ccccc1Cl. The zero-order valence-corrected chi connectivity index (χ0v) is 17.2. The van der Waals surface area contributed by atoms with Gasteiger partial charge in [-0.1, -0.05) is 56.5 Å². The molecule has 1 aromatic carbocycles. The van der Waals surface area contributed by atoms with E-state index >= 15 is 0 Å². The lowest BCUT2D eigenvalue weighted by molar-refractivity contribution is 0.740. The van der Waals surface area contributed by atoms with Crippen molar-refractivity contribution < 1.29 is 0 Å². The molecular formula is C20H24ClN5S. The molecule has 4 rings (SSSR count). The maximum atomic E-state index is 6.37. The van der Waals surface area contributed by atoms with E-state index in [4.69, 9.17) is 33.8 Å². The summed E-state index contributed by atoms with van der Waals surface area (Å²) in [4.78, 5) is 13.0. The van der Waals surface area contributed by atoms with Crippen LogP contribution in [0, 0.1) is 4.77 Å². The van der Waals surface area contributed by atoms with Gasteiger partial charge in [0.25, 0.3) is 0 Å². The van der Waals surface area contributed by atoms with Crippen molar-refractivity contribution in [2.24, 2.45) is 0 Å². The second-order valence-electron chi connectivity index (χ2n) is 7.52. The molecule has 5 nitrogen and oxygen atoms in total. The van der Waals surface area contributed by atoms with Gasteiger partial charge in [-0.25, -0.2) is 9.97 Å². The molecule has 2 N–H and O–H groups in total. The second kappa shape index (κ2) is 7.60. The zero-order valence-electron chi connectivity index (χ0n) is 15.6. The Morgan fingerprint density at radius 3 is 2.70 bits per heavy atom. The predicted octanol–water partition coefficient (Wildman–Crippen LogP) is 5.67. The van der Waals surface area contributed by atoms with Gasteiger partial charge in [0, 0.05) is 17.0 Å². The third-order valence-corrected chi connectivity index (χ3v) is 5.84. The Balaban J connectivity index is 1.82. The van der Waals surface area contributed by atoms with Crippen molar-refractivity contribution in [3.05, 3.63) is 45.4 Å². The Labute approximate surface area is 169 Å². The Bertz CT molecular complexity index is 1020. The maximum Gasteiger partial charge on any atom is 0.203 e. The smallest absolute Gasteiger partial charge is 0.203 e. The van der Waals surface area contributed by atoms with E-state index in [0.29, 0.717) is 23.3 Å².